The van der Waals surface area contributed by atoms with Crippen LogP contribution >= 0.6 is 11.6 Å². The van der Waals surface area contributed by atoms with E-state index >= 15 is 0 Å². The van der Waals surface area contributed by atoms with Gasteiger partial charge in [-0.2, -0.15) is 0 Å². The maximum absolute atomic E-state index is 12.6. The van der Waals surface area contributed by atoms with Gasteiger partial charge in [0.25, 0.3) is 0 Å². The predicted molar refractivity (Wildman–Crippen MR) is 101 cm³/mol. The number of para-hydroxylation sites is 1. The fourth-order valence-corrected chi connectivity index (χ4v) is 3.22. The number of amides is 1. The number of aromatic nitrogens is 3. The van der Waals surface area contributed by atoms with Crippen molar-refractivity contribution >= 4 is 39.9 Å². The van der Waals surface area contributed by atoms with Crippen LogP contribution in [0.1, 0.15) is 0 Å². The summed E-state index contributed by atoms with van der Waals surface area (Å²) in [4.78, 5) is 14.8. The number of anilines is 2. The minimum absolute atomic E-state index is 0.0789. The van der Waals surface area contributed by atoms with Gasteiger partial charge in [0.05, 0.1) is 30.1 Å². The lowest BCUT2D eigenvalue weighted by atomic mass is 10.2. The van der Waals surface area contributed by atoms with E-state index in [1.165, 1.54) is 0 Å². The molecule has 1 amide bonds. The highest BCUT2D eigenvalue weighted by Gasteiger charge is 2.17. The summed E-state index contributed by atoms with van der Waals surface area (Å²) in [5, 5.41) is 11.7. The molecule has 26 heavy (non-hydrogen) atoms. The lowest BCUT2D eigenvalue weighted by molar-refractivity contribution is -0.116. The van der Waals surface area contributed by atoms with Gasteiger partial charge in [-0.3, -0.25) is 4.79 Å². The molecule has 0 radical (unpaired) electrons. The molecule has 2 aromatic carbocycles. The van der Waals surface area contributed by atoms with Crippen LogP contribution < -0.4 is 10.2 Å². The first-order chi connectivity index (χ1) is 12.7. The molecule has 1 aromatic heterocycles. The number of hydrogen-bond acceptors (Lipinski definition) is 5. The summed E-state index contributed by atoms with van der Waals surface area (Å²) in [5.41, 5.74) is 3.21. The molecule has 0 bridgehead atoms. The van der Waals surface area contributed by atoms with E-state index in [4.69, 9.17) is 16.3 Å². The molecule has 0 saturated carbocycles. The Morgan fingerprint density at radius 3 is 2.85 bits per heavy atom. The van der Waals surface area contributed by atoms with E-state index in [0.717, 1.165) is 29.8 Å². The molecule has 0 aliphatic carbocycles. The molecular weight excluding hydrogens is 354 g/mol. The SMILES string of the molecule is O=C(Cn1nnc2ccccc21)Nc1cc(Cl)ccc1N1CCOCC1. The Bertz CT molecular complexity index is 936. The molecule has 7 nitrogen and oxygen atoms in total. The van der Waals surface area contributed by atoms with Crippen LogP contribution in [0.2, 0.25) is 5.02 Å². The van der Waals surface area contributed by atoms with Crippen LogP contribution in [0, 0.1) is 0 Å². The Labute approximate surface area is 155 Å². The smallest absolute Gasteiger partial charge is 0.246 e. The third kappa shape index (κ3) is 3.49. The van der Waals surface area contributed by atoms with Gasteiger partial charge in [0.1, 0.15) is 12.1 Å². The zero-order valence-electron chi connectivity index (χ0n) is 14.1. The summed E-state index contributed by atoms with van der Waals surface area (Å²) < 4.78 is 6.99. The van der Waals surface area contributed by atoms with Gasteiger partial charge < -0.3 is 15.0 Å². The lowest BCUT2D eigenvalue weighted by Crippen LogP contribution is -2.36. The molecule has 1 saturated heterocycles. The molecule has 1 aliphatic heterocycles. The number of nitrogens with zero attached hydrogens (tertiary/aromatic N) is 4. The van der Waals surface area contributed by atoms with Crippen molar-refractivity contribution in [3.05, 3.63) is 47.5 Å². The van der Waals surface area contributed by atoms with E-state index in [0.29, 0.717) is 23.9 Å². The highest BCUT2D eigenvalue weighted by atomic mass is 35.5. The number of carbonyl (C=O) groups is 1. The van der Waals surface area contributed by atoms with Gasteiger partial charge >= 0.3 is 0 Å². The zero-order chi connectivity index (χ0) is 17.9. The molecule has 1 aliphatic rings. The normalized spacial score (nSPS) is 14.6. The molecule has 1 fully saturated rings. The van der Waals surface area contributed by atoms with Crippen LogP contribution in [0.15, 0.2) is 42.5 Å². The molecule has 3 aromatic rings. The van der Waals surface area contributed by atoms with Crippen molar-refractivity contribution in [2.45, 2.75) is 6.54 Å². The van der Waals surface area contributed by atoms with Crippen molar-refractivity contribution in [2.24, 2.45) is 0 Å². The Morgan fingerprint density at radius 1 is 1.19 bits per heavy atom. The Balaban J connectivity index is 1.54. The highest BCUT2D eigenvalue weighted by molar-refractivity contribution is 6.31. The van der Waals surface area contributed by atoms with Gasteiger partial charge in [-0.05, 0) is 30.3 Å². The quantitative estimate of drug-likeness (QED) is 0.763. The van der Waals surface area contributed by atoms with Crippen molar-refractivity contribution in [1.29, 1.82) is 0 Å². The van der Waals surface area contributed by atoms with Crippen molar-refractivity contribution in [3.8, 4) is 0 Å². The number of rotatable bonds is 4. The van der Waals surface area contributed by atoms with E-state index in [1.807, 2.05) is 36.4 Å². The zero-order valence-corrected chi connectivity index (χ0v) is 14.8. The first-order valence-corrected chi connectivity index (χ1v) is 8.79. The molecule has 0 spiro atoms. The standard InChI is InChI=1S/C18H18ClN5O2/c19-13-5-6-16(23-7-9-26-10-8-23)15(11-13)20-18(25)12-24-17-4-2-1-3-14(17)21-22-24/h1-6,11H,7-10,12H2,(H,20,25). The van der Waals surface area contributed by atoms with E-state index in [2.05, 4.69) is 20.5 Å². The number of halogens is 1. The highest BCUT2D eigenvalue weighted by Crippen LogP contribution is 2.30. The molecule has 134 valence electrons. The van der Waals surface area contributed by atoms with Gasteiger partial charge in [-0.25, -0.2) is 4.68 Å². The number of nitrogens with one attached hydrogen (secondary N) is 1. The van der Waals surface area contributed by atoms with Gasteiger partial charge in [-0.15, -0.1) is 5.10 Å². The van der Waals surface area contributed by atoms with E-state index in [-0.39, 0.29) is 12.5 Å². The fourth-order valence-electron chi connectivity index (χ4n) is 3.05. The predicted octanol–water partition coefficient (Wildman–Crippen LogP) is 2.56. The number of hydrogen-bond donors (Lipinski definition) is 1. The van der Waals surface area contributed by atoms with Gasteiger partial charge in [0, 0.05) is 18.1 Å². The molecular formula is C18H18ClN5O2. The molecule has 1 N–H and O–H groups in total. The second-order valence-corrected chi connectivity index (χ2v) is 6.48. The Morgan fingerprint density at radius 2 is 2.00 bits per heavy atom. The van der Waals surface area contributed by atoms with Crippen LogP contribution in [0.5, 0.6) is 0 Å². The summed E-state index contributed by atoms with van der Waals surface area (Å²) in [6, 6.07) is 13.1. The van der Waals surface area contributed by atoms with Crippen LogP contribution in [-0.4, -0.2) is 47.2 Å². The van der Waals surface area contributed by atoms with Crippen molar-refractivity contribution in [2.75, 3.05) is 36.5 Å². The maximum Gasteiger partial charge on any atom is 0.246 e. The van der Waals surface area contributed by atoms with Crippen LogP contribution in [0.4, 0.5) is 11.4 Å². The summed E-state index contributed by atoms with van der Waals surface area (Å²) >= 11 is 6.14. The summed E-state index contributed by atoms with van der Waals surface area (Å²) in [6.07, 6.45) is 0. The average molecular weight is 372 g/mol. The van der Waals surface area contributed by atoms with Crippen molar-refractivity contribution in [1.82, 2.24) is 15.0 Å². The number of fused-ring (bicyclic) bond motifs is 1. The molecule has 0 atom stereocenters. The first-order valence-electron chi connectivity index (χ1n) is 8.41. The van der Waals surface area contributed by atoms with E-state index in [9.17, 15) is 4.79 Å². The van der Waals surface area contributed by atoms with Crippen LogP contribution in [-0.2, 0) is 16.1 Å². The molecule has 0 unspecified atom stereocenters. The summed E-state index contributed by atoms with van der Waals surface area (Å²) in [5.74, 6) is -0.183. The Hall–Kier alpha value is -2.64. The largest absolute Gasteiger partial charge is 0.378 e. The maximum atomic E-state index is 12.6. The van der Waals surface area contributed by atoms with E-state index < -0.39 is 0 Å². The van der Waals surface area contributed by atoms with Gasteiger partial charge in [0.2, 0.25) is 5.91 Å². The monoisotopic (exact) mass is 371 g/mol. The van der Waals surface area contributed by atoms with Crippen molar-refractivity contribution in [3.63, 3.8) is 0 Å². The van der Waals surface area contributed by atoms with E-state index in [1.54, 1.807) is 10.7 Å². The second kappa shape index (κ2) is 7.31. The molecule has 4 rings (SSSR count). The Kier molecular flexibility index (Phi) is 4.73. The fraction of sp³-hybridized carbons (Fsp3) is 0.278. The summed E-state index contributed by atoms with van der Waals surface area (Å²) in [6.45, 7) is 2.97. The second-order valence-electron chi connectivity index (χ2n) is 6.04. The third-order valence-corrected chi connectivity index (χ3v) is 4.53. The topological polar surface area (TPSA) is 72.3 Å². The molecule has 8 heteroatoms. The van der Waals surface area contributed by atoms with Gasteiger partial charge in [0.15, 0.2) is 0 Å². The van der Waals surface area contributed by atoms with Crippen LogP contribution in [0.25, 0.3) is 11.0 Å². The first kappa shape index (κ1) is 16.8. The number of morpholine rings is 1. The number of benzene rings is 2. The molecule has 2 heterocycles. The average Bonchev–Trinajstić information content (AvgIpc) is 3.05. The third-order valence-electron chi connectivity index (χ3n) is 4.30. The lowest BCUT2D eigenvalue weighted by Gasteiger charge is -2.30. The number of ether oxygens (including phenoxy) is 1. The van der Waals surface area contributed by atoms with Crippen LogP contribution in [0.3, 0.4) is 0 Å². The van der Waals surface area contributed by atoms with Crippen molar-refractivity contribution < 1.29 is 9.53 Å². The van der Waals surface area contributed by atoms with Gasteiger partial charge in [-0.1, -0.05) is 28.9 Å². The minimum atomic E-state index is -0.183. The summed E-state index contributed by atoms with van der Waals surface area (Å²) in [7, 11) is 0. The number of carbonyl (C=O) groups excluding carboxylic acids is 1. The minimum Gasteiger partial charge on any atom is -0.378 e.